The van der Waals surface area contributed by atoms with Gasteiger partial charge in [0.05, 0.1) is 14.2 Å². The van der Waals surface area contributed by atoms with E-state index in [4.69, 9.17) is 19.9 Å². The Morgan fingerprint density at radius 1 is 1.03 bits per heavy atom. The first kappa shape index (κ1) is 20.3. The minimum atomic E-state index is -0.689. The summed E-state index contributed by atoms with van der Waals surface area (Å²) in [5.41, 5.74) is 6.17. The number of methoxy groups -OCH3 is 2. The minimum Gasteiger partial charge on any atom is -0.497 e. The molecular formula is C22H18N4O4. The van der Waals surface area contributed by atoms with E-state index in [0.717, 1.165) is 5.56 Å². The molecule has 8 heteroatoms. The molecule has 8 nitrogen and oxygen atoms in total. The summed E-state index contributed by atoms with van der Waals surface area (Å²) >= 11 is 0. The molecule has 2 aromatic carbocycles. The number of rotatable bonds is 6. The van der Waals surface area contributed by atoms with Gasteiger partial charge in [-0.15, -0.1) is 0 Å². The Kier molecular flexibility index (Phi) is 5.90. The number of nitriles is 2. The number of hydrogen-bond donors (Lipinski definition) is 2. The first-order chi connectivity index (χ1) is 14.5. The lowest BCUT2D eigenvalue weighted by molar-refractivity contribution is 0.285. The molecule has 0 fully saturated rings. The van der Waals surface area contributed by atoms with Crippen LogP contribution < -0.4 is 25.5 Å². The minimum absolute atomic E-state index is 0.0226. The predicted octanol–water partition coefficient (Wildman–Crippen LogP) is 2.96. The second-order valence-corrected chi connectivity index (χ2v) is 6.19. The van der Waals surface area contributed by atoms with E-state index in [1.165, 1.54) is 7.11 Å². The summed E-state index contributed by atoms with van der Waals surface area (Å²) in [7, 11) is 3.04. The number of nitrogens with zero attached hydrogens (tertiary/aromatic N) is 2. The van der Waals surface area contributed by atoms with Crippen molar-refractivity contribution in [1.29, 1.82) is 10.5 Å². The number of nitrogens with two attached hydrogens (primary N) is 1. The molecule has 0 aliphatic heterocycles. The maximum absolute atomic E-state index is 12.3. The van der Waals surface area contributed by atoms with Gasteiger partial charge in [0, 0.05) is 11.1 Å². The molecule has 0 aliphatic rings. The molecule has 0 spiro atoms. The van der Waals surface area contributed by atoms with Gasteiger partial charge in [-0.05, 0) is 23.8 Å². The van der Waals surface area contributed by atoms with E-state index in [1.807, 2.05) is 36.4 Å². The van der Waals surface area contributed by atoms with Gasteiger partial charge < -0.3 is 24.9 Å². The zero-order valence-electron chi connectivity index (χ0n) is 16.4. The summed E-state index contributed by atoms with van der Waals surface area (Å²) < 4.78 is 16.7. The Bertz CT molecular complexity index is 1240. The standard InChI is InChI=1S/C22H18N4O4/c1-28-14-6-3-5-13(9-14)12-30-20-15(7-4-8-18(20)29-2)19-16(10-23)21(25)26-22(27)17(19)11-24/h3-9H,12H2,1-2H3,(H3,25,26,27). The van der Waals surface area contributed by atoms with Gasteiger partial charge in [0.1, 0.15) is 41.4 Å². The molecule has 150 valence electrons. The topological polar surface area (TPSA) is 134 Å². The summed E-state index contributed by atoms with van der Waals surface area (Å²) in [5.74, 6) is 1.21. The van der Waals surface area contributed by atoms with Gasteiger partial charge in [-0.1, -0.05) is 24.3 Å². The van der Waals surface area contributed by atoms with Gasteiger partial charge in [0.25, 0.3) is 5.56 Å². The lowest BCUT2D eigenvalue weighted by Gasteiger charge is -2.17. The number of nitrogens with one attached hydrogen (secondary N) is 1. The van der Waals surface area contributed by atoms with E-state index in [2.05, 4.69) is 4.98 Å². The molecule has 0 amide bonds. The predicted molar refractivity (Wildman–Crippen MR) is 110 cm³/mol. The third-order valence-corrected chi connectivity index (χ3v) is 4.45. The molecule has 3 aromatic rings. The molecule has 1 aromatic heterocycles. The Balaban J connectivity index is 2.18. The Morgan fingerprint density at radius 2 is 1.77 bits per heavy atom. The second-order valence-electron chi connectivity index (χ2n) is 6.19. The lowest BCUT2D eigenvalue weighted by Crippen LogP contribution is -2.16. The first-order valence-corrected chi connectivity index (χ1v) is 8.83. The number of pyridine rings is 1. The lowest BCUT2D eigenvalue weighted by atomic mass is 9.95. The van der Waals surface area contributed by atoms with Gasteiger partial charge >= 0.3 is 0 Å². The van der Waals surface area contributed by atoms with E-state index < -0.39 is 5.56 Å². The van der Waals surface area contributed by atoms with Crippen molar-refractivity contribution in [2.75, 3.05) is 20.0 Å². The molecule has 30 heavy (non-hydrogen) atoms. The fourth-order valence-electron chi connectivity index (χ4n) is 3.05. The fourth-order valence-corrected chi connectivity index (χ4v) is 3.05. The molecule has 3 N–H and O–H groups in total. The van der Waals surface area contributed by atoms with E-state index in [0.29, 0.717) is 17.1 Å². The number of H-pyrrole nitrogens is 1. The Labute approximate surface area is 172 Å². The Hall–Kier alpha value is -4.43. The highest BCUT2D eigenvalue weighted by Gasteiger charge is 2.23. The molecule has 1 heterocycles. The van der Waals surface area contributed by atoms with Crippen molar-refractivity contribution in [3.63, 3.8) is 0 Å². The number of aromatic amines is 1. The van der Waals surface area contributed by atoms with Crippen LogP contribution in [0, 0.1) is 22.7 Å². The summed E-state index contributed by atoms with van der Waals surface area (Å²) in [6, 6.07) is 16.1. The van der Waals surface area contributed by atoms with Crippen LogP contribution in [0.25, 0.3) is 11.1 Å². The molecule has 3 rings (SSSR count). The van der Waals surface area contributed by atoms with E-state index in [1.54, 1.807) is 25.3 Å². The third-order valence-electron chi connectivity index (χ3n) is 4.45. The summed E-state index contributed by atoms with van der Waals surface area (Å²) in [4.78, 5) is 14.6. The molecule has 0 aliphatic carbocycles. The third kappa shape index (κ3) is 3.75. The largest absolute Gasteiger partial charge is 0.497 e. The molecule has 0 bridgehead atoms. The van der Waals surface area contributed by atoms with Crippen LogP contribution in [0.1, 0.15) is 16.7 Å². The van der Waals surface area contributed by atoms with Crippen LogP contribution in [0.2, 0.25) is 0 Å². The normalized spacial score (nSPS) is 10.0. The number of para-hydroxylation sites is 1. The zero-order chi connectivity index (χ0) is 21.7. The van der Waals surface area contributed by atoms with Crippen LogP contribution in [-0.4, -0.2) is 19.2 Å². The van der Waals surface area contributed by atoms with Crippen molar-refractivity contribution < 1.29 is 14.2 Å². The summed E-state index contributed by atoms with van der Waals surface area (Å²) in [6.07, 6.45) is 0. The van der Waals surface area contributed by atoms with Gasteiger partial charge in [0.2, 0.25) is 0 Å². The number of aromatic nitrogens is 1. The van der Waals surface area contributed by atoms with E-state index in [9.17, 15) is 15.3 Å². The van der Waals surface area contributed by atoms with Crippen molar-refractivity contribution in [2.24, 2.45) is 0 Å². The number of hydrogen-bond acceptors (Lipinski definition) is 7. The second kappa shape index (κ2) is 8.72. The maximum Gasteiger partial charge on any atom is 0.268 e. The van der Waals surface area contributed by atoms with Gasteiger partial charge in [0.15, 0.2) is 11.5 Å². The molecule has 0 saturated carbocycles. The van der Waals surface area contributed by atoms with E-state index >= 15 is 0 Å². The number of anilines is 1. The molecule has 0 radical (unpaired) electrons. The van der Waals surface area contributed by atoms with Gasteiger partial charge in [-0.25, -0.2) is 0 Å². The van der Waals surface area contributed by atoms with Crippen molar-refractivity contribution in [1.82, 2.24) is 4.98 Å². The fraction of sp³-hybridized carbons (Fsp3) is 0.136. The molecule has 0 unspecified atom stereocenters. The van der Waals surface area contributed by atoms with Crippen molar-refractivity contribution >= 4 is 5.82 Å². The van der Waals surface area contributed by atoms with Crippen LogP contribution in [0.15, 0.2) is 47.3 Å². The van der Waals surface area contributed by atoms with Gasteiger partial charge in [-0.2, -0.15) is 10.5 Å². The van der Waals surface area contributed by atoms with Crippen LogP contribution in [0.4, 0.5) is 5.82 Å². The van der Waals surface area contributed by atoms with Crippen LogP contribution in [0.5, 0.6) is 17.2 Å². The summed E-state index contributed by atoms with van der Waals surface area (Å²) in [6.45, 7) is 0.160. The molecular weight excluding hydrogens is 384 g/mol. The molecule has 0 saturated heterocycles. The maximum atomic E-state index is 12.3. The smallest absolute Gasteiger partial charge is 0.268 e. The van der Waals surface area contributed by atoms with Crippen molar-refractivity contribution in [3.8, 4) is 40.5 Å². The first-order valence-electron chi connectivity index (χ1n) is 8.83. The molecule has 0 atom stereocenters. The highest BCUT2D eigenvalue weighted by molar-refractivity contribution is 5.85. The zero-order valence-corrected chi connectivity index (χ0v) is 16.4. The highest BCUT2D eigenvalue weighted by atomic mass is 16.5. The number of nitrogen functional groups attached to an aromatic ring is 1. The number of ether oxygens (including phenoxy) is 3. The van der Waals surface area contributed by atoms with Crippen LogP contribution in [-0.2, 0) is 6.61 Å². The highest BCUT2D eigenvalue weighted by Crippen LogP contribution is 2.41. The van der Waals surface area contributed by atoms with Crippen LogP contribution in [0.3, 0.4) is 0 Å². The van der Waals surface area contributed by atoms with Crippen LogP contribution >= 0.6 is 0 Å². The monoisotopic (exact) mass is 402 g/mol. The SMILES string of the molecule is COc1cccc(COc2c(OC)cccc2-c2c(C#N)c(N)[nH]c(=O)c2C#N)c1. The Morgan fingerprint density at radius 3 is 2.43 bits per heavy atom. The summed E-state index contributed by atoms with van der Waals surface area (Å²) in [5, 5.41) is 19.2. The van der Waals surface area contributed by atoms with Crippen molar-refractivity contribution in [3.05, 3.63) is 69.5 Å². The average molecular weight is 402 g/mol. The van der Waals surface area contributed by atoms with Crippen molar-refractivity contribution in [2.45, 2.75) is 6.61 Å². The number of benzene rings is 2. The van der Waals surface area contributed by atoms with Gasteiger partial charge in [-0.3, -0.25) is 4.79 Å². The van der Waals surface area contributed by atoms with E-state index in [-0.39, 0.29) is 34.9 Å². The average Bonchev–Trinajstić information content (AvgIpc) is 2.77. The quantitative estimate of drug-likeness (QED) is 0.647.